The Balaban J connectivity index is 1.37. The zero-order valence-electron chi connectivity index (χ0n) is 36.9. The molecule has 0 bridgehead atoms. The number of hydrogen-bond donors (Lipinski definition) is 0. The molecule has 0 N–H and O–H groups in total. The van der Waals surface area contributed by atoms with Crippen LogP contribution in [0.4, 0.5) is 26.3 Å². The predicted molar refractivity (Wildman–Crippen MR) is 255 cm³/mol. The van der Waals surface area contributed by atoms with Crippen LogP contribution in [0.15, 0.2) is 140 Å². The molecule has 0 aliphatic heterocycles. The molecule has 0 atom stereocenters. The van der Waals surface area contributed by atoms with Crippen LogP contribution < -0.4 is 0 Å². The fourth-order valence-corrected chi connectivity index (χ4v) is 10.5. The van der Waals surface area contributed by atoms with Crippen LogP contribution in [0.5, 0.6) is 0 Å². The Labute approximate surface area is 377 Å². The van der Waals surface area contributed by atoms with Crippen LogP contribution in [0.3, 0.4) is 0 Å². The van der Waals surface area contributed by atoms with Crippen molar-refractivity contribution in [3.63, 3.8) is 0 Å². The van der Waals surface area contributed by atoms with Gasteiger partial charge in [-0.25, -0.2) is 0 Å². The van der Waals surface area contributed by atoms with Crippen molar-refractivity contribution in [1.29, 1.82) is 5.26 Å². The molecule has 0 spiro atoms. The van der Waals surface area contributed by atoms with Crippen LogP contribution in [0.25, 0.3) is 88.4 Å². The molecule has 9 heteroatoms. The Morgan fingerprint density at radius 3 is 1.26 bits per heavy atom. The lowest BCUT2D eigenvalue weighted by Crippen LogP contribution is -2.12. The molecule has 326 valence electrons. The highest BCUT2D eigenvalue weighted by atomic mass is 19.4. The number of alkyl halides is 6. The first-order chi connectivity index (χ1) is 31.4. The first-order valence-electron chi connectivity index (χ1n) is 21.5. The summed E-state index contributed by atoms with van der Waals surface area (Å²) in [6, 6.07) is 43.3. The van der Waals surface area contributed by atoms with Gasteiger partial charge in [-0.1, -0.05) is 102 Å². The van der Waals surface area contributed by atoms with E-state index in [1.807, 2.05) is 95.8 Å². The van der Waals surface area contributed by atoms with Crippen LogP contribution >= 0.6 is 0 Å². The molecule has 10 aromatic rings. The van der Waals surface area contributed by atoms with E-state index in [0.29, 0.717) is 28.1 Å². The van der Waals surface area contributed by atoms with E-state index in [2.05, 4.69) is 70.2 Å². The van der Waals surface area contributed by atoms with Gasteiger partial charge in [0.25, 0.3) is 0 Å². The summed E-state index contributed by atoms with van der Waals surface area (Å²) >= 11 is 0. The Morgan fingerprint density at radius 2 is 0.848 bits per heavy atom. The third kappa shape index (κ3) is 6.82. The molecule has 0 unspecified atom stereocenters. The minimum Gasteiger partial charge on any atom is -0.308 e. The third-order valence-corrected chi connectivity index (χ3v) is 12.9. The summed E-state index contributed by atoms with van der Waals surface area (Å²) in [5, 5.41) is 14.9. The third-order valence-electron chi connectivity index (χ3n) is 12.9. The molecule has 0 aliphatic rings. The van der Waals surface area contributed by atoms with Crippen LogP contribution in [0.2, 0.25) is 0 Å². The summed E-state index contributed by atoms with van der Waals surface area (Å²) in [5.74, 6) is 0. The number of aromatic nitrogens is 2. The molecule has 0 amide bonds. The lowest BCUT2D eigenvalue weighted by molar-refractivity contribution is -0.142. The van der Waals surface area contributed by atoms with Crippen molar-refractivity contribution in [2.45, 2.75) is 53.9 Å². The zero-order chi connectivity index (χ0) is 46.6. The molecule has 2 aromatic heterocycles. The fraction of sp³-hybridized carbons (Fsp3) is 0.140. The first kappa shape index (κ1) is 42.4. The molecule has 8 aromatic carbocycles. The Morgan fingerprint density at radius 1 is 0.424 bits per heavy atom. The topological polar surface area (TPSA) is 33.6 Å². The number of para-hydroxylation sites is 2. The van der Waals surface area contributed by atoms with Crippen LogP contribution in [-0.2, 0) is 12.4 Å². The summed E-state index contributed by atoms with van der Waals surface area (Å²) in [7, 11) is 0. The second-order valence-corrected chi connectivity index (χ2v) is 17.5. The van der Waals surface area contributed by atoms with Crippen molar-refractivity contribution in [1.82, 2.24) is 9.13 Å². The van der Waals surface area contributed by atoms with Crippen LogP contribution in [0.1, 0.15) is 50.1 Å². The maximum absolute atomic E-state index is 15.2. The zero-order valence-corrected chi connectivity index (χ0v) is 36.9. The summed E-state index contributed by atoms with van der Waals surface area (Å²) < 4.78 is 91.8. The van der Waals surface area contributed by atoms with Crippen molar-refractivity contribution >= 4 is 43.6 Å². The average Bonchev–Trinajstić information content (AvgIpc) is 3.76. The van der Waals surface area contributed by atoms with E-state index in [0.717, 1.165) is 83.2 Å². The first-order valence-corrected chi connectivity index (χ1v) is 21.5. The Kier molecular flexibility index (Phi) is 9.81. The fourth-order valence-electron chi connectivity index (χ4n) is 10.5. The van der Waals surface area contributed by atoms with E-state index in [9.17, 15) is 18.4 Å². The normalized spacial score (nSPS) is 12.2. The van der Waals surface area contributed by atoms with Gasteiger partial charge < -0.3 is 9.13 Å². The Hall–Kier alpha value is -7.57. The van der Waals surface area contributed by atoms with Crippen LogP contribution in [-0.4, -0.2) is 9.13 Å². The SMILES string of the molecule is Cc1cc(C)c(-c2ccc3c4ccccc4n(-c4cc(-c5ccc(C(F)(F)F)cc5C(F)(F)F)cc(-n5c6ccccc6c6ccc(-c7c(C)cc(C)cc7C)cc65)c4C#N)c3c2)c(C)c1. The number of benzene rings is 8. The van der Waals surface area contributed by atoms with Gasteiger partial charge in [-0.05, 0) is 146 Å². The van der Waals surface area contributed by atoms with Gasteiger partial charge in [0.05, 0.1) is 44.6 Å². The van der Waals surface area contributed by atoms with Crippen molar-refractivity contribution in [3.8, 4) is 50.8 Å². The number of nitriles is 1. The van der Waals surface area contributed by atoms with Crippen molar-refractivity contribution in [2.75, 3.05) is 0 Å². The molecule has 3 nitrogen and oxygen atoms in total. The molecule has 0 saturated carbocycles. The molecular formula is C57H41F6N3. The number of aryl methyl sites for hydroxylation is 6. The number of nitrogens with zero attached hydrogens (tertiary/aromatic N) is 3. The van der Waals surface area contributed by atoms with Gasteiger partial charge >= 0.3 is 12.4 Å². The summed E-state index contributed by atoms with van der Waals surface area (Å²) in [6.07, 6.45) is -10.2. The molecule has 66 heavy (non-hydrogen) atoms. The van der Waals surface area contributed by atoms with E-state index < -0.39 is 29.0 Å². The predicted octanol–water partition coefficient (Wildman–Crippen LogP) is 16.6. The second-order valence-electron chi connectivity index (χ2n) is 17.5. The molecule has 10 rings (SSSR count). The number of rotatable bonds is 5. The highest BCUT2D eigenvalue weighted by molar-refractivity contribution is 6.12. The van der Waals surface area contributed by atoms with Crippen molar-refractivity contribution < 1.29 is 26.3 Å². The molecule has 0 saturated heterocycles. The smallest absolute Gasteiger partial charge is 0.308 e. The van der Waals surface area contributed by atoms with E-state index >= 15 is 13.2 Å². The van der Waals surface area contributed by atoms with Crippen LogP contribution in [0, 0.1) is 52.9 Å². The van der Waals surface area contributed by atoms with Crippen molar-refractivity contribution in [3.05, 3.63) is 190 Å². The molecule has 0 fully saturated rings. The lowest BCUT2D eigenvalue weighted by atomic mass is 9.93. The van der Waals surface area contributed by atoms with Gasteiger partial charge in [0, 0.05) is 21.5 Å². The lowest BCUT2D eigenvalue weighted by Gasteiger charge is -2.21. The van der Waals surface area contributed by atoms with Crippen molar-refractivity contribution in [2.24, 2.45) is 0 Å². The quantitative estimate of drug-likeness (QED) is 0.159. The van der Waals surface area contributed by atoms with E-state index in [1.165, 1.54) is 12.1 Å². The van der Waals surface area contributed by atoms with E-state index in [1.54, 1.807) is 0 Å². The summed E-state index contributed by atoms with van der Waals surface area (Å²) in [5.41, 5.74) is 10.6. The molecule has 0 radical (unpaired) electrons. The molecule has 2 heterocycles. The van der Waals surface area contributed by atoms with Gasteiger partial charge in [-0.3, -0.25) is 0 Å². The minimum absolute atomic E-state index is 0.0142. The standard InChI is InChI=1S/C57H41F6N3/c1-31-21-33(3)54(34(4)22-31)37-15-18-44-42-11-7-9-13-48(42)65(50(44)25-37)52-27-39(41-20-17-40(56(58,59)60)29-47(41)57(61,62)63)28-53(46(52)30-64)66-49-14-10-8-12-43(49)45-19-16-38(26-51(45)66)55-35(5)23-32(2)24-36(55)6/h7-29H,1-6H3. The number of hydrogen-bond acceptors (Lipinski definition) is 1. The minimum atomic E-state index is -5.16. The second kappa shape index (κ2) is 15.3. The monoisotopic (exact) mass is 881 g/mol. The maximum atomic E-state index is 15.2. The molecular weight excluding hydrogens is 841 g/mol. The largest absolute Gasteiger partial charge is 0.417 e. The highest BCUT2D eigenvalue weighted by Crippen LogP contribution is 2.46. The highest BCUT2D eigenvalue weighted by Gasteiger charge is 2.39. The van der Waals surface area contributed by atoms with Gasteiger partial charge in [0.2, 0.25) is 0 Å². The van der Waals surface area contributed by atoms with Gasteiger partial charge in [0.15, 0.2) is 0 Å². The molecule has 0 aliphatic carbocycles. The van der Waals surface area contributed by atoms with Gasteiger partial charge in [-0.15, -0.1) is 0 Å². The Bertz CT molecular complexity index is 3460. The number of halogens is 6. The average molecular weight is 882 g/mol. The van der Waals surface area contributed by atoms with Gasteiger partial charge in [-0.2, -0.15) is 31.6 Å². The van der Waals surface area contributed by atoms with E-state index in [4.69, 9.17) is 0 Å². The summed E-state index contributed by atoms with van der Waals surface area (Å²) in [4.78, 5) is 0. The maximum Gasteiger partial charge on any atom is 0.417 e. The number of fused-ring (bicyclic) bond motifs is 6. The summed E-state index contributed by atoms with van der Waals surface area (Å²) in [6.45, 7) is 12.3. The van der Waals surface area contributed by atoms with E-state index in [-0.39, 0.29) is 28.6 Å². The van der Waals surface area contributed by atoms with Gasteiger partial charge in [0.1, 0.15) is 11.6 Å².